The van der Waals surface area contributed by atoms with E-state index in [1.165, 1.54) is 110 Å². The molecular formula is C76H150N6O13. The lowest BCUT2D eigenvalue weighted by Crippen LogP contribution is -2.19. The average molecular weight is 1360 g/mol. The molecule has 3 rings (SSSR count). The third-order valence-corrected chi connectivity index (χ3v) is 10.2. The van der Waals surface area contributed by atoms with Gasteiger partial charge in [-0.05, 0) is 128 Å². The number of carbonyl (C=O) groups is 6. The number of carboxylic acids is 2. The highest BCUT2D eigenvalue weighted by molar-refractivity contribution is 5.72. The minimum absolute atomic E-state index is 0.0573. The highest BCUT2D eigenvalue weighted by atomic mass is 16.5. The van der Waals surface area contributed by atoms with Gasteiger partial charge in [-0.2, -0.15) is 0 Å². The molecule has 562 valence electrons. The monoisotopic (exact) mass is 1360 g/mol. The van der Waals surface area contributed by atoms with Crippen LogP contribution in [0.5, 0.6) is 0 Å². The maximum Gasteiger partial charge on any atom is 0.303 e. The van der Waals surface area contributed by atoms with Gasteiger partial charge in [0.2, 0.25) is 5.91 Å². The van der Waals surface area contributed by atoms with Crippen molar-refractivity contribution in [2.75, 3.05) is 60.2 Å². The van der Waals surface area contributed by atoms with E-state index in [1.807, 2.05) is 71.5 Å². The third-order valence-electron chi connectivity index (χ3n) is 10.2. The Morgan fingerprint density at radius 1 is 0.421 bits per heavy atom. The first-order valence-electron chi connectivity index (χ1n) is 35.8. The fraction of sp³-hybridized carbons (Fsp3) is 0.737. The summed E-state index contributed by atoms with van der Waals surface area (Å²) in [4.78, 5) is 78.0. The summed E-state index contributed by atoms with van der Waals surface area (Å²) in [6, 6.07) is 10.1. The topological polar surface area (TPSA) is 278 Å². The van der Waals surface area contributed by atoms with Gasteiger partial charge in [-0.3, -0.25) is 48.7 Å². The van der Waals surface area contributed by atoms with Crippen LogP contribution >= 0.6 is 0 Å². The number of rotatable bonds is 30. The van der Waals surface area contributed by atoms with Crippen molar-refractivity contribution in [1.29, 1.82) is 0 Å². The predicted molar refractivity (Wildman–Crippen MR) is 400 cm³/mol. The summed E-state index contributed by atoms with van der Waals surface area (Å²) >= 11 is 0. The van der Waals surface area contributed by atoms with E-state index in [4.69, 9.17) is 25.2 Å². The number of ether oxygens (including phenoxy) is 3. The van der Waals surface area contributed by atoms with Crippen LogP contribution < -0.4 is 5.32 Å². The van der Waals surface area contributed by atoms with E-state index in [0.29, 0.717) is 45.9 Å². The van der Waals surface area contributed by atoms with Gasteiger partial charge >= 0.3 is 29.8 Å². The summed E-state index contributed by atoms with van der Waals surface area (Å²) in [5.74, 6) is -1.90. The molecule has 0 saturated heterocycles. The van der Waals surface area contributed by atoms with Gasteiger partial charge in [-0.25, -0.2) is 0 Å². The molecule has 0 fully saturated rings. The fourth-order valence-corrected chi connectivity index (χ4v) is 5.48. The van der Waals surface area contributed by atoms with Crippen LogP contribution in [-0.4, -0.2) is 141 Å². The number of aliphatic hydroxyl groups excluding tert-OH is 2. The van der Waals surface area contributed by atoms with Crippen molar-refractivity contribution in [2.24, 2.45) is 0 Å². The number of nitrogens with one attached hydrogen (secondary N) is 1. The van der Waals surface area contributed by atoms with Crippen molar-refractivity contribution in [3.8, 4) is 0 Å². The minimum atomic E-state index is -0.711. The molecule has 3 heterocycles. The van der Waals surface area contributed by atoms with E-state index in [1.54, 1.807) is 12.4 Å². The van der Waals surface area contributed by atoms with Gasteiger partial charge in [0.05, 0.1) is 25.5 Å². The van der Waals surface area contributed by atoms with E-state index >= 15 is 0 Å². The Hall–Kier alpha value is -5.92. The van der Waals surface area contributed by atoms with Crippen LogP contribution in [0.25, 0.3) is 0 Å². The molecule has 0 aromatic carbocycles. The van der Waals surface area contributed by atoms with Crippen LogP contribution in [0.4, 0.5) is 0 Å². The lowest BCUT2D eigenvalue weighted by Gasteiger charge is -2.03. The van der Waals surface area contributed by atoms with E-state index < -0.39 is 11.9 Å². The first-order valence-corrected chi connectivity index (χ1v) is 35.8. The SMILES string of the molecule is CCC.CCCC(=O)O.CCCCC(=O)O.CCCCCC.CCCCCOC(C)=O.CCCCO.CCCCOC(C)=O.CCCN(C)C.CCCNC(C)=O.CCCO.CCCOC(C)=O.CCCc1ccccn1.CCCc1ccncc1.CCCc1cnccn1. The number of nitrogens with zero attached hydrogens (tertiary/aromatic N) is 5. The summed E-state index contributed by atoms with van der Waals surface area (Å²) in [6.45, 7) is 43.5. The van der Waals surface area contributed by atoms with E-state index in [0.717, 1.165) is 109 Å². The molecule has 3 aromatic heterocycles. The van der Waals surface area contributed by atoms with Gasteiger partial charge < -0.3 is 44.9 Å². The first kappa shape index (κ1) is 113. The molecule has 95 heavy (non-hydrogen) atoms. The Labute approximate surface area is 583 Å². The zero-order valence-electron chi connectivity index (χ0n) is 65.1. The van der Waals surface area contributed by atoms with Crippen molar-refractivity contribution >= 4 is 35.8 Å². The number of unbranched alkanes of at least 4 members (excludes halogenated alkanes) is 8. The number of hydrogen-bond donors (Lipinski definition) is 5. The Morgan fingerprint density at radius 2 is 0.863 bits per heavy atom. The number of amides is 1. The number of aliphatic hydroxyl groups is 2. The molecule has 0 atom stereocenters. The third kappa shape index (κ3) is 169. The van der Waals surface area contributed by atoms with Crippen molar-refractivity contribution in [2.45, 2.75) is 312 Å². The number of aliphatic carboxylic acids is 2. The van der Waals surface area contributed by atoms with Gasteiger partial charge in [0.25, 0.3) is 0 Å². The van der Waals surface area contributed by atoms with Gasteiger partial charge in [0.15, 0.2) is 0 Å². The van der Waals surface area contributed by atoms with Gasteiger partial charge in [0.1, 0.15) is 0 Å². The summed E-state index contributed by atoms with van der Waals surface area (Å²) in [5.41, 5.74) is 3.66. The second-order valence-electron chi connectivity index (χ2n) is 21.3. The van der Waals surface area contributed by atoms with E-state index in [9.17, 15) is 28.8 Å². The molecule has 0 unspecified atom stereocenters. The summed E-state index contributed by atoms with van der Waals surface area (Å²) in [6.07, 6.45) is 38.9. The number of hydrogen-bond acceptors (Lipinski definition) is 16. The van der Waals surface area contributed by atoms with E-state index in [2.05, 4.69) is 148 Å². The molecule has 0 aliphatic rings. The Balaban J connectivity index is -0.0000000896. The van der Waals surface area contributed by atoms with Crippen LogP contribution in [0.15, 0.2) is 67.5 Å². The quantitative estimate of drug-likeness (QED) is 0.0236. The number of carbonyl (C=O) groups excluding carboxylic acids is 4. The number of pyridine rings is 2. The Kier molecular flexibility index (Phi) is 134. The minimum Gasteiger partial charge on any atom is -0.481 e. The van der Waals surface area contributed by atoms with Crippen LogP contribution in [-0.2, 0) is 62.2 Å². The van der Waals surface area contributed by atoms with Crippen molar-refractivity contribution in [1.82, 2.24) is 30.2 Å². The largest absolute Gasteiger partial charge is 0.481 e. The van der Waals surface area contributed by atoms with Crippen LogP contribution in [0.1, 0.15) is 310 Å². The Bertz CT molecular complexity index is 1710. The molecule has 0 aliphatic carbocycles. The average Bonchev–Trinajstić information content (AvgIpc) is 3.44. The molecular weight excluding hydrogens is 1200 g/mol. The molecule has 0 bridgehead atoms. The number of aryl methyl sites for hydroxylation is 3. The van der Waals surface area contributed by atoms with E-state index in [-0.39, 0.29) is 23.8 Å². The molecule has 19 heteroatoms. The zero-order valence-corrected chi connectivity index (χ0v) is 65.1. The van der Waals surface area contributed by atoms with Crippen LogP contribution in [0.3, 0.4) is 0 Å². The summed E-state index contributed by atoms with van der Waals surface area (Å²) in [7, 11) is 4.17. The molecule has 0 saturated carbocycles. The van der Waals surface area contributed by atoms with Gasteiger partial charge in [-0.1, -0.05) is 200 Å². The lowest BCUT2D eigenvalue weighted by atomic mass is 10.2. The predicted octanol–water partition coefficient (Wildman–Crippen LogP) is 18.3. The van der Waals surface area contributed by atoms with Crippen molar-refractivity contribution < 1.29 is 63.4 Å². The van der Waals surface area contributed by atoms with Gasteiger partial charge in [-0.15, -0.1) is 0 Å². The highest BCUT2D eigenvalue weighted by Crippen LogP contribution is 2.00. The van der Waals surface area contributed by atoms with Crippen molar-refractivity contribution in [3.63, 3.8) is 0 Å². The zero-order chi connectivity index (χ0) is 75.3. The molecule has 0 spiro atoms. The number of esters is 3. The fourth-order valence-electron chi connectivity index (χ4n) is 5.48. The second-order valence-corrected chi connectivity index (χ2v) is 21.3. The Morgan fingerprint density at radius 3 is 1.13 bits per heavy atom. The first-order chi connectivity index (χ1) is 45.3. The molecule has 3 aromatic rings. The number of aromatic nitrogens is 4. The second kappa shape index (κ2) is 112. The standard InChI is InChI=1S/2C8H11N.C7H10N2.C7H14O2.C6H12O2.C6H14.C5H11NO.C5H13N.2C5H10O2.C4H8O2.C4H10O.C3H8O.C3H8/c1-2-5-8-6-3-4-7-9-8;1-2-3-8-4-6-9-7-5-8;1-2-3-7-6-8-4-5-9-7;1-3-4-5-6-9-7(2)8;1-3-4-5-8-6(2)7;1-3-5-6-4-2;1-3-4-6-5(2)7;1-4-5-6(2)3;1-3-4-7-5(2)6;1-2-3-4-5(6)7;1-2-3-4(5)6;1-2-3-4-5;1-2-3-4;1-3-2/h3-4,6-7H,2,5H2,1H3;4-7H,2-3H2,1H3;4-6H,2-3H2,1H3;3-6H2,1-2H3;3-5H2,1-2H3;3-6H2,1-2H3;3-4H2,1-2H3,(H,6,7);4-5H2,1-3H3;3-4H2,1-2H3;2-4H2,1H3,(H,6,7);2-3H2,1H3,(H,5,6);5H,2-4H2,1H3;4H,2-3H2,1H3;3H2,1-2H3. The highest BCUT2D eigenvalue weighted by Gasteiger charge is 1.93. The number of carboxylic acid groups (broad SMARTS) is 2. The molecule has 1 amide bonds. The maximum absolute atomic E-state index is 10.2. The van der Waals surface area contributed by atoms with Crippen LogP contribution in [0, 0.1) is 0 Å². The molecule has 0 radical (unpaired) electrons. The smallest absolute Gasteiger partial charge is 0.303 e. The van der Waals surface area contributed by atoms with Gasteiger partial charge in [0, 0.05) is 103 Å². The summed E-state index contributed by atoms with van der Waals surface area (Å²) < 4.78 is 13.9. The summed E-state index contributed by atoms with van der Waals surface area (Å²) in [5, 5.41) is 34.6. The maximum atomic E-state index is 10.2. The molecule has 0 aliphatic heterocycles. The lowest BCUT2D eigenvalue weighted by molar-refractivity contribution is -0.142. The normalized spacial score (nSPS) is 8.81. The van der Waals surface area contributed by atoms with Crippen molar-refractivity contribution in [3.05, 3.63) is 84.5 Å². The molecule has 5 N–H and O–H groups in total. The van der Waals surface area contributed by atoms with Crippen LogP contribution in [0.2, 0.25) is 0 Å². The molecule has 19 nitrogen and oxygen atoms in total.